The fraction of sp³-hybridized carbons (Fsp3) is 0.625. The maximum Gasteiger partial charge on any atom is 0.119 e. The van der Waals surface area contributed by atoms with Crippen molar-refractivity contribution in [3.63, 3.8) is 0 Å². The molecule has 0 radical (unpaired) electrons. The smallest absolute Gasteiger partial charge is 0.119 e. The molecule has 19 heavy (non-hydrogen) atoms. The molecule has 1 aliphatic heterocycles. The van der Waals surface area contributed by atoms with Crippen LogP contribution in [0.5, 0.6) is 5.75 Å². The molecule has 0 aliphatic carbocycles. The highest BCUT2D eigenvalue weighted by Gasteiger charge is 2.14. The third-order valence-electron chi connectivity index (χ3n) is 3.72. The average molecular weight is 262 g/mol. The molecule has 106 valence electrons. The first-order valence-corrected chi connectivity index (χ1v) is 7.39. The van der Waals surface area contributed by atoms with Crippen molar-refractivity contribution < 1.29 is 4.74 Å². The van der Waals surface area contributed by atoms with E-state index in [1.807, 2.05) is 6.92 Å². The quantitative estimate of drug-likeness (QED) is 0.852. The molecule has 1 aliphatic rings. The minimum absolute atomic E-state index is 0.731. The predicted octanol–water partition coefficient (Wildman–Crippen LogP) is 2.52. The Kier molecular flexibility index (Phi) is 5.67. The van der Waals surface area contributed by atoms with E-state index in [4.69, 9.17) is 4.74 Å². The highest BCUT2D eigenvalue weighted by molar-refractivity contribution is 5.27. The Morgan fingerprint density at radius 2 is 1.89 bits per heavy atom. The second-order valence-corrected chi connectivity index (χ2v) is 5.47. The Morgan fingerprint density at radius 3 is 2.53 bits per heavy atom. The summed E-state index contributed by atoms with van der Waals surface area (Å²) in [6.45, 7) is 7.34. The number of nitrogens with zero attached hydrogens (tertiary/aromatic N) is 1. The summed E-state index contributed by atoms with van der Waals surface area (Å²) in [5, 5.41) is 3.42. The molecule has 3 nitrogen and oxygen atoms in total. The number of nitrogens with one attached hydrogen (secondary N) is 1. The van der Waals surface area contributed by atoms with Crippen LogP contribution in [-0.2, 0) is 6.54 Å². The van der Waals surface area contributed by atoms with Gasteiger partial charge in [-0.2, -0.15) is 0 Å². The van der Waals surface area contributed by atoms with E-state index >= 15 is 0 Å². The van der Waals surface area contributed by atoms with Crippen molar-refractivity contribution in [3.05, 3.63) is 29.8 Å². The van der Waals surface area contributed by atoms with Crippen molar-refractivity contribution in [1.82, 2.24) is 10.2 Å². The van der Waals surface area contributed by atoms with Crippen LogP contribution in [0.3, 0.4) is 0 Å². The molecule has 3 heteroatoms. The highest BCUT2D eigenvalue weighted by Crippen LogP contribution is 2.16. The zero-order chi connectivity index (χ0) is 13.5. The molecule has 0 saturated carbocycles. The molecule has 0 amide bonds. The lowest BCUT2D eigenvalue weighted by molar-refractivity contribution is 0.234. The van der Waals surface area contributed by atoms with E-state index in [1.165, 1.54) is 38.0 Å². The van der Waals surface area contributed by atoms with Gasteiger partial charge >= 0.3 is 0 Å². The Balaban J connectivity index is 1.78. The molecule has 2 rings (SSSR count). The Labute approximate surface area is 116 Å². The first-order valence-electron chi connectivity index (χ1n) is 7.39. The van der Waals surface area contributed by atoms with Crippen molar-refractivity contribution in [1.29, 1.82) is 0 Å². The molecule has 1 heterocycles. The van der Waals surface area contributed by atoms with E-state index in [0.717, 1.165) is 24.8 Å². The van der Waals surface area contributed by atoms with Gasteiger partial charge in [0.25, 0.3) is 0 Å². The molecular weight excluding hydrogens is 236 g/mol. The lowest BCUT2D eigenvalue weighted by Gasteiger charge is -2.27. The van der Waals surface area contributed by atoms with Gasteiger partial charge in [0.1, 0.15) is 5.75 Å². The van der Waals surface area contributed by atoms with Crippen LogP contribution in [0.1, 0.15) is 25.3 Å². The topological polar surface area (TPSA) is 24.5 Å². The molecule has 1 aromatic rings. The molecule has 1 aromatic carbocycles. The van der Waals surface area contributed by atoms with Gasteiger partial charge in [0.05, 0.1) is 6.61 Å². The van der Waals surface area contributed by atoms with Crippen LogP contribution in [0.4, 0.5) is 0 Å². The molecule has 1 N–H and O–H groups in total. The van der Waals surface area contributed by atoms with Gasteiger partial charge in [-0.05, 0) is 63.5 Å². The summed E-state index contributed by atoms with van der Waals surface area (Å²) in [6, 6.07) is 8.47. The van der Waals surface area contributed by atoms with Crippen molar-refractivity contribution in [2.75, 3.05) is 33.3 Å². The molecule has 0 atom stereocenters. The van der Waals surface area contributed by atoms with Gasteiger partial charge in [0, 0.05) is 13.1 Å². The highest BCUT2D eigenvalue weighted by atomic mass is 16.5. The second kappa shape index (κ2) is 7.51. The molecule has 1 saturated heterocycles. The summed E-state index contributed by atoms with van der Waals surface area (Å²) in [7, 11) is 2.22. The summed E-state index contributed by atoms with van der Waals surface area (Å²) < 4.78 is 5.47. The first kappa shape index (κ1) is 14.4. The lowest BCUT2D eigenvalue weighted by atomic mass is 9.97. The second-order valence-electron chi connectivity index (χ2n) is 5.47. The third-order valence-corrected chi connectivity index (χ3v) is 3.72. The molecular formula is C16H26N2O. The van der Waals surface area contributed by atoms with Crippen LogP contribution in [0.2, 0.25) is 0 Å². The van der Waals surface area contributed by atoms with E-state index in [9.17, 15) is 0 Å². The number of rotatable bonds is 6. The van der Waals surface area contributed by atoms with Gasteiger partial charge in [0.2, 0.25) is 0 Å². The van der Waals surface area contributed by atoms with E-state index < -0.39 is 0 Å². The van der Waals surface area contributed by atoms with Crippen LogP contribution < -0.4 is 10.1 Å². The van der Waals surface area contributed by atoms with Crippen LogP contribution in [0, 0.1) is 5.92 Å². The van der Waals surface area contributed by atoms with Gasteiger partial charge in [-0.15, -0.1) is 0 Å². The fourth-order valence-electron chi connectivity index (χ4n) is 2.74. The molecule has 0 bridgehead atoms. The van der Waals surface area contributed by atoms with Crippen molar-refractivity contribution in [2.24, 2.45) is 5.92 Å². The number of hydrogen-bond acceptors (Lipinski definition) is 3. The van der Waals surface area contributed by atoms with Crippen LogP contribution >= 0.6 is 0 Å². The predicted molar refractivity (Wildman–Crippen MR) is 79.5 cm³/mol. The third kappa shape index (κ3) is 4.84. The standard InChI is InChI=1S/C16H26N2O/c1-3-19-16-6-4-14(5-7-16)12-18(2)13-15-8-10-17-11-9-15/h4-7,15,17H,3,8-13H2,1-2H3. The summed E-state index contributed by atoms with van der Waals surface area (Å²) in [5.41, 5.74) is 1.36. The van der Waals surface area contributed by atoms with E-state index in [0.29, 0.717) is 0 Å². The van der Waals surface area contributed by atoms with E-state index in [2.05, 4.69) is 41.5 Å². The molecule has 0 unspecified atom stereocenters. The van der Waals surface area contributed by atoms with E-state index in [1.54, 1.807) is 0 Å². The molecule has 0 spiro atoms. The van der Waals surface area contributed by atoms with E-state index in [-0.39, 0.29) is 0 Å². The SMILES string of the molecule is CCOc1ccc(CN(C)CC2CCNCC2)cc1. The van der Waals surface area contributed by atoms with Crippen molar-refractivity contribution >= 4 is 0 Å². The number of piperidine rings is 1. The van der Waals surface area contributed by atoms with Crippen molar-refractivity contribution in [3.8, 4) is 5.75 Å². The Morgan fingerprint density at radius 1 is 1.21 bits per heavy atom. The summed E-state index contributed by atoms with van der Waals surface area (Å²) >= 11 is 0. The van der Waals surface area contributed by atoms with Gasteiger partial charge in [-0.3, -0.25) is 0 Å². The monoisotopic (exact) mass is 262 g/mol. The zero-order valence-corrected chi connectivity index (χ0v) is 12.2. The van der Waals surface area contributed by atoms with Crippen LogP contribution in [0.25, 0.3) is 0 Å². The first-order chi connectivity index (χ1) is 9.28. The zero-order valence-electron chi connectivity index (χ0n) is 12.2. The van der Waals surface area contributed by atoms with Crippen LogP contribution in [-0.4, -0.2) is 38.2 Å². The summed E-state index contributed by atoms with van der Waals surface area (Å²) in [6.07, 6.45) is 2.63. The normalized spacial score (nSPS) is 16.8. The Bertz CT molecular complexity index is 358. The number of benzene rings is 1. The largest absolute Gasteiger partial charge is 0.494 e. The minimum atomic E-state index is 0.731. The van der Waals surface area contributed by atoms with Gasteiger partial charge in [-0.25, -0.2) is 0 Å². The average Bonchev–Trinajstić information content (AvgIpc) is 2.42. The maximum atomic E-state index is 5.47. The summed E-state index contributed by atoms with van der Waals surface area (Å²) in [5.74, 6) is 1.82. The van der Waals surface area contributed by atoms with Gasteiger partial charge in [-0.1, -0.05) is 12.1 Å². The number of hydrogen-bond donors (Lipinski definition) is 1. The maximum absolute atomic E-state index is 5.47. The lowest BCUT2D eigenvalue weighted by Crippen LogP contribution is -2.34. The summed E-state index contributed by atoms with van der Waals surface area (Å²) in [4.78, 5) is 2.44. The van der Waals surface area contributed by atoms with Gasteiger partial charge in [0.15, 0.2) is 0 Å². The fourth-order valence-corrected chi connectivity index (χ4v) is 2.74. The molecule has 0 aromatic heterocycles. The van der Waals surface area contributed by atoms with Gasteiger partial charge < -0.3 is 15.0 Å². The molecule has 1 fully saturated rings. The minimum Gasteiger partial charge on any atom is -0.494 e. The van der Waals surface area contributed by atoms with Crippen LogP contribution in [0.15, 0.2) is 24.3 Å². The Hall–Kier alpha value is -1.06. The van der Waals surface area contributed by atoms with Crippen molar-refractivity contribution in [2.45, 2.75) is 26.3 Å². The number of ether oxygens (including phenoxy) is 1.